The molecule has 0 atom stereocenters. The second-order valence-corrected chi connectivity index (χ2v) is 3.34. The molecule has 0 aliphatic rings. The van der Waals surface area contributed by atoms with Gasteiger partial charge in [-0.1, -0.05) is 12.1 Å². The van der Waals surface area contributed by atoms with Crippen molar-refractivity contribution in [3.8, 4) is 11.1 Å². The molecule has 1 aromatic heterocycles. The minimum atomic E-state index is -1.22. The minimum Gasteiger partial charge on any atom is -0.477 e. The fourth-order valence-corrected chi connectivity index (χ4v) is 1.44. The number of halogens is 2. The maximum atomic E-state index is 13.5. The maximum absolute atomic E-state index is 13.5. The summed E-state index contributed by atoms with van der Waals surface area (Å²) in [5, 5.41) is 8.75. The lowest BCUT2D eigenvalue weighted by Crippen LogP contribution is -2.00. The molecule has 2 rings (SSSR count). The van der Waals surface area contributed by atoms with Crippen molar-refractivity contribution in [1.82, 2.24) is 4.98 Å². The van der Waals surface area contributed by atoms with Crippen molar-refractivity contribution in [3.05, 3.63) is 53.9 Å². The van der Waals surface area contributed by atoms with Gasteiger partial charge in [0.25, 0.3) is 0 Å². The molecule has 0 aliphatic carbocycles. The first-order chi connectivity index (χ1) is 8.09. The molecule has 0 bridgehead atoms. The maximum Gasteiger partial charge on any atom is 0.354 e. The third kappa shape index (κ3) is 2.13. The molecule has 86 valence electrons. The van der Waals surface area contributed by atoms with E-state index in [9.17, 15) is 13.6 Å². The van der Waals surface area contributed by atoms with Crippen LogP contribution in [0.1, 0.15) is 10.5 Å². The number of benzene rings is 1. The van der Waals surface area contributed by atoms with Gasteiger partial charge in [0.1, 0.15) is 5.69 Å². The Hall–Kier alpha value is -2.30. The molecule has 0 spiro atoms. The van der Waals surface area contributed by atoms with Crippen LogP contribution in [0.15, 0.2) is 36.5 Å². The van der Waals surface area contributed by atoms with Crippen LogP contribution in [0.5, 0.6) is 0 Å². The molecule has 0 aliphatic heterocycles. The van der Waals surface area contributed by atoms with E-state index in [0.29, 0.717) is 0 Å². The molecule has 0 fully saturated rings. The number of rotatable bonds is 2. The summed E-state index contributed by atoms with van der Waals surface area (Å²) in [6.07, 6.45) is 1.24. The molecular formula is C12H7F2NO2. The van der Waals surface area contributed by atoms with Crippen LogP contribution in [0.2, 0.25) is 0 Å². The van der Waals surface area contributed by atoms with Crippen LogP contribution in [0.25, 0.3) is 11.1 Å². The molecule has 0 saturated carbocycles. The highest BCUT2D eigenvalue weighted by molar-refractivity contribution is 5.87. The van der Waals surface area contributed by atoms with Crippen molar-refractivity contribution in [1.29, 1.82) is 0 Å². The zero-order valence-electron chi connectivity index (χ0n) is 8.52. The predicted molar refractivity (Wildman–Crippen MR) is 56.5 cm³/mol. The molecule has 17 heavy (non-hydrogen) atoms. The molecule has 0 unspecified atom stereocenters. The minimum absolute atomic E-state index is 0.00917. The van der Waals surface area contributed by atoms with Gasteiger partial charge >= 0.3 is 5.97 Å². The lowest BCUT2D eigenvalue weighted by molar-refractivity contribution is 0.0690. The van der Waals surface area contributed by atoms with E-state index in [1.807, 2.05) is 0 Å². The molecule has 1 N–H and O–H groups in total. The number of hydrogen-bond acceptors (Lipinski definition) is 2. The zero-order valence-corrected chi connectivity index (χ0v) is 8.52. The fraction of sp³-hybridized carbons (Fsp3) is 0. The van der Waals surface area contributed by atoms with E-state index < -0.39 is 17.6 Å². The number of hydrogen-bond donors (Lipinski definition) is 1. The third-order valence-corrected chi connectivity index (χ3v) is 2.24. The first-order valence-corrected chi connectivity index (χ1v) is 4.73. The first-order valence-electron chi connectivity index (χ1n) is 4.73. The van der Waals surface area contributed by atoms with Gasteiger partial charge in [0.15, 0.2) is 11.6 Å². The van der Waals surface area contributed by atoms with Gasteiger partial charge in [-0.3, -0.25) is 0 Å². The number of carboxylic acids is 1. The largest absolute Gasteiger partial charge is 0.477 e. The summed E-state index contributed by atoms with van der Waals surface area (Å²) in [6, 6.07) is 6.34. The highest BCUT2D eigenvalue weighted by Gasteiger charge is 2.12. The molecular weight excluding hydrogens is 228 g/mol. The van der Waals surface area contributed by atoms with Crippen molar-refractivity contribution in [2.75, 3.05) is 0 Å². The number of nitrogens with zero attached hydrogens (tertiary/aromatic N) is 1. The Morgan fingerprint density at radius 2 is 2.00 bits per heavy atom. The first kappa shape index (κ1) is 11.2. The number of aromatic carboxylic acids is 1. The van der Waals surface area contributed by atoms with Gasteiger partial charge in [-0.15, -0.1) is 0 Å². The summed E-state index contributed by atoms with van der Waals surface area (Å²) in [7, 11) is 0. The molecule has 2 aromatic rings. The van der Waals surface area contributed by atoms with Gasteiger partial charge in [-0.05, 0) is 23.8 Å². The Balaban J connectivity index is 2.57. The lowest BCUT2D eigenvalue weighted by atomic mass is 10.1. The Kier molecular flexibility index (Phi) is 2.82. The molecule has 0 radical (unpaired) electrons. The highest BCUT2D eigenvalue weighted by atomic mass is 19.2. The second-order valence-electron chi connectivity index (χ2n) is 3.34. The Bertz CT molecular complexity index is 584. The monoisotopic (exact) mass is 235 g/mol. The number of carbonyl (C=O) groups is 1. The van der Waals surface area contributed by atoms with Crippen LogP contribution >= 0.6 is 0 Å². The van der Waals surface area contributed by atoms with Crippen LogP contribution in [0.4, 0.5) is 8.78 Å². The Labute approximate surface area is 95.4 Å². The molecule has 5 heteroatoms. The Morgan fingerprint density at radius 3 is 2.71 bits per heavy atom. The zero-order chi connectivity index (χ0) is 12.4. The van der Waals surface area contributed by atoms with E-state index in [2.05, 4.69) is 4.98 Å². The fourth-order valence-electron chi connectivity index (χ4n) is 1.44. The van der Waals surface area contributed by atoms with Crippen molar-refractivity contribution in [2.45, 2.75) is 0 Å². The lowest BCUT2D eigenvalue weighted by Gasteiger charge is -2.04. The van der Waals surface area contributed by atoms with Gasteiger partial charge in [0.2, 0.25) is 0 Å². The average molecular weight is 235 g/mol. The molecule has 0 amide bonds. The van der Waals surface area contributed by atoms with Crippen LogP contribution in [-0.4, -0.2) is 16.1 Å². The van der Waals surface area contributed by atoms with Gasteiger partial charge in [0, 0.05) is 11.8 Å². The number of carboxylic acid groups (broad SMARTS) is 1. The summed E-state index contributed by atoms with van der Waals surface area (Å²) < 4.78 is 26.5. The van der Waals surface area contributed by atoms with E-state index in [1.165, 1.54) is 30.5 Å². The smallest absolute Gasteiger partial charge is 0.354 e. The molecule has 3 nitrogen and oxygen atoms in total. The van der Waals surface area contributed by atoms with E-state index in [0.717, 1.165) is 6.07 Å². The SMILES string of the molecule is O=C(O)c1cc(-c2cccc(F)c2F)ccn1. The van der Waals surface area contributed by atoms with Crippen molar-refractivity contribution in [2.24, 2.45) is 0 Å². The van der Waals surface area contributed by atoms with Gasteiger partial charge < -0.3 is 5.11 Å². The number of aromatic nitrogens is 1. The van der Waals surface area contributed by atoms with Gasteiger partial charge in [0.05, 0.1) is 0 Å². The van der Waals surface area contributed by atoms with E-state index in [-0.39, 0.29) is 16.8 Å². The molecule has 1 aromatic carbocycles. The van der Waals surface area contributed by atoms with Crippen LogP contribution in [0, 0.1) is 11.6 Å². The Morgan fingerprint density at radius 1 is 1.24 bits per heavy atom. The highest BCUT2D eigenvalue weighted by Crippen LogP contribution is 2.24. The quantitative estimate of drug-likeness (QED) is 0.870. The summed E-state index contributed by atoms with van der Waals surface area (Å²) in [5.74, 6) is -3.20. The third-order valence-electron chi connectivity index (χ3n) is 2.24. The van der Waals surface area contributed by atoms with E-state index >= 15 is 0 Å². The van der Waals surface area contributed by atoms with Gasteiger partial charge in [-0.25, -0.2) is 18.6 Å². The summed E-state index contributed by atoms with van der Waals surface area (Å²) >= 11 is 0. The van der Waals surface area contributed by atoms with E-state index in [4.69, 9.17) is 5.11 Å². The summed E-state index contributed by atoms with van der Waals surface area (Å²) in [4.78, 5) is 14.3. The van der Waals surface area contributed by atoms with Crippen molar-refractivity contribution < 1.29 is 18.7 Å². The van der Waals surface area contributed by atoms with Crippen LogP contribution in [0.3, 0.4) is 0 Å². The number of pyridine rings is 1. The average Bonchev–Trinajstić information content (AvgIpc) is 2.33. The predicted octanol–water partition coefficient (Wildman–Crippen LogP) is 2.73. The van der Waals surface area contributed by atoms with Crippen molar-refractivity contribution in [3.63, 3.8) is 0 Å². The second kappa shape index (κ2) is 4.29. The van der Waals surface area contributed by atoms with Crippen molar-refractivity contribution >= 4 is 5.97 Å². The topological polar surface area (TPSA) is 50.2 Å². The normalized spacial score (nSPS) is 10.2. The standard InChI is InChI=1S/C12H7F2NO2/c13-9-3-1-2-8(11(9)14)7-4-5-15-10(6-7)12(16)17/h1-6H,(H,16,17). The van der Waals surface area contributed by atoms with Crippen LogP contribution in [-0.2, 0) is 0 Å². The van der Waals surface area contributed by atoms with Crippen LogP contribution < -0.4 is 0 Å². The summed E-state index contributed by atoms with van der Waals surface area (Å²) in [6.45, 7) is 0. The summed E-state index contributed by atoms with van der Waals surface area (Å²) in [5.41, 5.74) is 0.0652. The van der Waals surface area contributed by atoms with Gasteiger partial charge in [-0.2, -0.15) is 0 Å². The van der Waals surface area contributed by atoms with E-state index in [1.54, 1.807) is 0 Å². The molecule has 1 heterocycles. The molecule has 0 saturated heterocycles.